The number of benzene rings is 2. The van der Waals surface area contributed by atoms with Crippen LogP contribution in [0.3, 0.4) is 0 Å². The van der Waals surface area contributed by atoms with Crippen LogP contribution >= 0.6 is 0 Å². The van der Waals surface area contributed by atoms with Gasteiger partial charge >= 0.3 is 0 Å². The predicted molar refractivity (Wildman–Crippen MR) is 123 cm³/mol. The summed E-state index contributed by atoms with van der Waals surface area (Å²) in [4.78, 5) is 13.1. The number of carbonyl (C=O) groups excluding carboxylic acids is 1. The van der Waals surface area contributed by atoms with E-state index in [0.29, 0.717) is 47.0 Å². The molecule has 0 aliphatic heterocycles. The van der Waals surface area contributed by atoms with Crippen molar-refractivity contribution in [3.63, 3.8) is 0 Å². The lowest BCUT2D eigenvalue weighted by Gasteiger charge is -2.15. The van der Waals surface area contributed by atoms with Gasteiger partial charge in [-0.25, -0.2) is 8.78 Å². The summed E-state index contributed by atoms with van der Waals surface area (Å²) in [5, 5.41) is 0. The van der Waals surface area contributed by atoms with Crippen LogP contribution in [-0.2, 0) is 4.79 Å². The molecular formula is C28H20F2O3. The third-order valence-electron chi connectivity index (χ3n) is 5.62. The van der Waals surface area contributed by atoms with Gasteiger partial charge in [0.05, 0.1) is 0 Å². The van der Waals surface area contributed by atoms with Gasteiger partial charge in [-0.3, -0.25) is 4.79 Å². The first-order valence-corrected chi connectivity index (χ1v) is 10.7. The molecule has 0 unspecified atom stereocenters. The maximum absolute atomic E-state index is 13.2. The van der Waals surface area contributed by atoms with Crippen molar-refractivity contribution in [3.8, 4) is 22.6 Å². The summed E-state index contributed by atoms with van der Waals surface area (Å²) in [6.07, 6.45) is 5.73. The van der Waals surface area contributed by atoms with Crippen molar-refractivity contribution in [1.82, 2.24) is 0 Å². The highest BCUT2D eigenvalue weighted by Gasteiger charge is 2.21. The molecule has 0 saturated heterocycles. The van der Waals surface area contributed by atoms with Gasteiger partial charge in [-0.2, -0.15) is 0 Å². The molecule has 0 amide bonds. The summed E-state index contributed by atoms with van der Waals surface area (Å²) >= 11 is 0. The second-order valence-electron chi connectivity index (χ2n) is 7.94. The Bertz CT molecular complexity index is 1250. The Hall–Kier alpha value is -3.99. The molecule has 1 aliphatic carbocycles. The summed E-state index contributed by atoms with van der Waals surface area (Å²) in [7, 11) is 0. The fourth-order valence-corrected chi connectivity index (χ4v) is 3.92. The van der Waals surface area contributed by atoms with Gasteiger partial charge in [0, 0.05) is 22.3 Å². The highest BCUT2D eigenvalue weighted by molar-refractivity contribution is 6.13. The van der Waals surface area contributed by atoms with Crippen LogP contribution in [0.4, 0.5) is 8.78 Å². The lowest BCUT2D eigenvalue weighted by Crippen LogP contribution is -2.12. The number of Topliss-reactive ketones (excluding diaryl/α,β-unsaturated/α-hetero) is 1. The van der Waals surface area contributed by atoms with Gasteiger partial charge in [0.15, 0.2) is 5.78 Å². The van der Waals surface area contributed by atoms with Crippen LogP contribution < -0.4 is 0 Å². The van der Waals surface area contributed by atoms with Crippen molar-refractivity contribution in [2.45, 2.75) is 19.3 Å². The quantitative estimate of drug-likeness (QED) is 0.304. The smallest absolute Gasteiger partial charge is 0.185 e. The normalized spacial score (nSPS) is 16.6. The van der Waals surface area contributed by atoms with Crippen LogP contribution in [0.1, 0.15) is 30.8 Å². The molecule has 164 valence electrons. The Morgan fingerprint density at radius 2 is 1.03 bits per heavy atom. The van der Waals surface area contributed by atoms with Crippen molar-refractivity contribution in [2.75, 3.05) is 0 Å². The molecular weight excluding hydrogens is 422 g/mol. The molecule has 1 fully saturated rings. The minimum Gasteiger partial charge on any atom is -0.457 e. The van der Waals surface area contributed by atoms with E-state index in [-0.39, 0.29) is 17.4 Å². The number of halogens is 2. The van der Waals surface area contributed by atoms with E-state index in [1.165, 1.54) is 24.3 Å². The fraction of sp³-hybridized carbons (Fsp3) is 0.107. The van der Waals surface area contributed by atoms with E-state index in [2.05, 4.69) is 0 Å². The summed E-state index contributed by atoms with van der Waals surface area (Å²) < 4.78 is 38.0. The number of allylic oxidation sites excluding steroid dienone is 2. The SMILES string of the molecule is O=C1/C(=C/c2ccc(-c3ccc(F)cc3)o2)CCC/C1=C\c1ccc(-c2ccc(F)cc2)o1. The van der Waals surface area contributed by atoms with Gasteiger partial charge in [0.1, 0.15) is 34.7 Å². The lowest BCUT2D eigenvalue weighted by molar-refractivity contribution is -0.112. The standard InChI is InChI=1S/C28H20F2O3/c29-22-8-4-18(5-9-22)26-14-12-24(32-26)16-20-2-1-3-21(28(20)31)17-25-13-15-27(33-25)19-6-10-23(30)11-7-19/h4-17H,1-3H2/b20-16+,21-17+. The van der Waals surface area contributed by atoms with E-state index >= 15 is 0 Å². The third kappa shape index (κ3) is 4.62. The number of hydrogen-bond acceptors (Lipinski definition) is 3. The largest absolute Gasteiger partial charge is 0.457 e. The van der Waals surface area contributed by atoms with Crippen LogP contribution in [0.25, 0.3) is 34.8 Å². The summed E-state index contributed by atoms with van der Waals surface area (Å²) in [6.45, 7) is 0. The predicted octanol–water partition coefficient (Wildman–Crippen LogP) is 7.70. The highest BCUT2D eigenvalue weighted by Crippen LogP contribution is 2.31. The topological polar surface area (TPSA) is 43.4 Å². The summed E-state index contributed by atoms with van der Waals surface area (Å²) in [5.74, 6) is 1.75. The van der Waals surface area contributed by atoms with E-state index in [0.717, 1.165) is 17.5 Å². The van der Waals surface area contributed by atoms with Crippen LogP contribution in [0.5, 0.6) is 0 Å². The Morgan fingerprint density at radius 3 is 1.45 bits per heavy atom. The van der Waals surface area contributed by atoms with Gasteiger partial charge in [0.25, 0.3) is 0 Å². The van der Waals surface area contributed by atoms with E-state index in [9.17, 15) is 13.6 Å². The Morgan fingerprint density at radius 1 is 0.606 bits per heavy atom. The zero-order valence-corrected chi connectivity index (χ0v) is 17.7. The molecule has 0 bridgehead atoms. The van der Waals surface area contributed by atoms with Gasteiger partial charge < -0.3 is 8.83 Å². The van der Waals surface area contributed by atoms with E-state index in [4.69, 9.17) is 8.83 Å². The second kappa shape index (κ2) is 8.87. The average Bonchev–Trinajstić information content (AvgIpc) is 3.48. The van der Waals surface area contributed by atoms with Crippen LogP contribution in [-0.4, -0.2) is 5.78 Å². The Kier molecular flexibility index (Phi) is 5.61. The van der Waals surface area contributed by atoms with Crippen LogP contribution in [0.15, 0.2) is 92.8 Å². The molecule has 2 aromatic heterocycles. The molecule has 0 N–H and O–H groups in total. The molecule has 2 aromatic carbocycles. The average molecular weight is 442 g/mol. The van der Waals surface area contributed by atoms with Gasteiger partial charge in [-0.1, -0.05) is 0 Å². The highest BCUT2D eigenvalue weighted by atomic mass is 19.1. The first-order chi connectivity index (χ1) is 16.0. The molecule has 0 atom stereocenters. The second-order valence-corrected chi connectivity index (χ2v) is 7.94. The zero-order chi connectivity index (χ0) is 22.8. The summed E-state index contributed by atoms with van der Waals surface area (Å²) in [6, 6.07) is 19.4. The molecule has 1 saturated carbocycles. The van der Waals surface area contributed by atoms with E-state index in [1.54, 1.807) is 48.6 Å². The monoisotopic (exact) mass is 442 g/mol. The van der Waals surface area contributed by atoms with Crippen molar-refractivity contribution < 1.29 is 22.4 Å². The van der Waals surface area contributed by atoms with Crippen molar-refractivity contribution >= 4 is 17.9 Å². The van der Waals surface area contributed by atoms with Gasteiger partial charge in [-0.05, 0) is 104 Å². The number of furan rings is 2. The molecule has 0 radical (unpaired) electrons. The van der Waals surface area contributed by atoms with Crippen LogP contribution in [0, 0.1) is 11.6 Å². The van der Waals surface area contributed by atoms with Crippen molar-refractivity contribution in [2.24, 2.45) is 0 Å². The lowest BCUT2D eigenvalue weighted by atomic mass is 9.88. The van der Waals surface area contributed by atoms with Gasteiger partial charge in [-0.15, -0.1) is 0 Å². The van der Waals surface area contributed by atoms with Crippen LogP contribution in [0.2, 0.25) is 0 Å². The number of ketones is 1. The first kappa shape index (κ1) is 20.9. The fourth-order valence-electron chi connectivity index (χ4n) is 3.92. The van der Waals surface area contributed by atoms with Gasteiger partial charge in [0.2, 0.25) is 0 Å². The minimum absolute atomic E-state index is 0.0271. The Labute approximate surface area is 189 Å². The minimum atomic E-state index is -0.305. The molecule has 3 nitrogen and oxygen atoms in total. The molecule has 5 rings (SSSR count). The third-order valence-corrected chi connectivity index (χ3v) is 5.62. The first-order valence-electron chi connectivity index (χ1n) is 10.7. The molecule has 1 aliphatic rings. The Balaban J connectivity index is 1.35. The molecule has 5 heteroatoms. The van der Waals surface area contributed by atoms with Crippen molar-refractivity contribution in [1.29, 1.82) is 0 Å². The maximum atomic E-state index is 13.2. The molecule has 33 heavy (non-hydrogen) atoms. The molecule has 0 spiro atoms. The van der Waals surface area contributed by atoms with E-state index < -0.39 is 0 Å². The van der Waals surface area contributed by atoms with Crippen molar-refractivity contribution in [3.05, 3.63) is 107 Å². The van der Waals surface area contributed by atoms with E-state index in [1.807, 2.05) is 12.1 Å². The maximum Gasteiger partial charge on any atom is 0.185 e. The number of rotatable bonds is 4. The summed E-state index contributed by atoms with van der Waals surface area (Å²) in [5.41, 5.74) is 2.90. The molecule has 4 aromatic rings. The zero-order valence-electron chi connectivity index (χ0n) is 17.7. The number of hydrogen-bond donors (Lipinski definition) is 0. The molecule has 2 heterocycles. The number of carbonyl (C=O) groups is 1.